The van der Waals surface area contributed by atoms with E-state index in [4.69, 9.17) is 0 Å². The molecule has 0 unspecified atom stereocenters. The minimum atomic E-state index is 0.112. The largest absolute Gasteiger partial charge is 0.356 e. The Bertz CT molecular complexity index is 1170. The average molecular weight is 403 g/mol. The highest BCUT2D eigenvalue weighted by molar-refractivity contribution is 5.84. The van der Waals surface area contributed by atoms with Gasteiger partial charge in [0.1, 0.15) is 5.82 Å². The lowest BCUT2D eigenvalue weighted by Crippen LogP contribution is -2.26. The maximum atomic E-state index is 12.3. The fraction of sp³-hybridized carbons (Fsp3) is 0.360. The second kappa shape index (κ2) is 8.74. The van der Waals surface area contributed by atoms with Crippen LogP contribution in [0.3, 0.4) is 0 Å². The number of fused-ring (bicyclic) bond motifs is 2. The molecule has 1 N–H and O–H groups in total. The molecule has 5 nitrogen and oxygen atoms in total. The SMILES string of the molecule is CC(C)n1cc(CCCC(=O)NCCc2nc3ccccc3n2C)c2ccccc21. The summed E-state index contributed by atoms with van der Waals surface area (Å²) < 4.78 is 4.42. The fourth-order valence-electron chi connectivity index (χ4n) is 4.16. The van der Waals surface area contributed by atoms with E-state index in [9.17, 15) is 4.79 Å². The first kappa shape index (κ1) is 20.2. The van der Waals surface area contributed by atoms with Crippen LogP contribution in [0.4, 0.5) is 0 Å². The van der Waals surface area contributed by atoms with Gasteiger partial charge in [-0.15, -0.1) is 0 Å². The zero-order chi connectivity index (χ0) is 21.1. The predicted molar refractivity (Wildman–Crippen MR) is 123 cm³/mol. The number of para-hydroxylation sites is 3. The lowest BCUT2D eigenvalue weighted by Gasteiger charge is -2.08. The summed E-state index contributed by atoms with van der Waals surface area (Å²) in [6.45, 7) is 5.02. The lowest BCUT2D eigenvalue weighted by atomic mass is 10.1. The molecule has 0 aliphatic heterocycles. The van der Waals surface area contributed by atoms with E-state index in [0.717, 1.165) is 36.1 Å². The average Bonchev–Trinajstić information content (AvgIpc) is 3.27. The number of nitrogens with one attached hydrogen (secondary N) is 1. The number of carbonyl (C=O) groups is 1. The molecule has 0 fully saturated rings. The van der Waals surface area contributed by atoms with Gasteiger partial charge in [-0.1, -0.05) is 30.3 Å². The normalized spacial score (nSPS) is 11.6. The Hall–Kier alpha value is -3.08. The molecule has 4 rings (SSSR count). The zero-order valence-corrected chi connectivity index (χ0v) is 18.1. The van der Waals surface area contributed by atoms with Gasteiger partial charge >= 0.3 is 0 Å². The molecule has 0 bridgehead atoms. The van der Waals surface area contributed by atoms with Crippen molar-refractivity contribution in [1.82, 2.24) is 19.4 Å². The number of aryl methyl sites for hydroxylation is 2. The van der Waals surface area contributed by atoms with E-state index < -0.39 is 0 Å². The van der Waals surface area contributed by atoms with Crippen LogP contribution in [-0.4, -0.2) is 26.6 Å². The van der Waals surface area contributed by atoms with Crippen molar-refractivity contribution >= 4 is 27.8 Å². The fourth-order valence-corrected chi connectivity index (χ4v) is 4.16. The summed E-state index contributed by atoms with van der Waals surface area (Å²) >= 11 is 0. The number of carbonyl (C=O) groups excluding carboxylic acids is 1. The van der Waals surface area contributed by atoms with Crippen molar-refractivity contribution in [3.63, 3.8) is 0 Å². The number of benzene rings is 2. The van der Waals surface area contributed by atoms with E-state index in [1.807, 2.05) is 25.2 Å². The van der Waals surface area contributed by atoms with Crippen molar-refractivity contribution in [2.24, 2.45) is 7.05 Å². The molecule has 5 heteroatoms. The molecule has 0 saturated carbocycles. The topological polar surface area (TPSA) is 51.9 Å². The van der Waals surface area contributed by atoms with Crippen molar-refractivity contribution in [2.45, 2.75) is 45.6 Å². The maximum Gasteiger partial charge on any atom is 0.220 e. The maximum absolute atomic E-state index is 12.3. The monoisotopic (exact) mass is 402 g/mol. The summed E-state index contributed by atoms with van der Waals surface area (Å²) in [4.78, 5) is 17.0. The first-order chi connectivity index (χ1) is 14.5. The Labute approximate surface area is 177 Å². The van der Waals surface area contributed by atoms with Gasteiger partial charge in [0.2, 0.25) is 5.91 Å². The van der Waals surface area contributed by atoms with Gasteiger partial charge < -0.3 is 14.5 Å². The van der Waals surface area contributed by atoms with Crippen molar-refractivity contribution in [1.29, 1.82) is 0 Å². The highest BCUT2D eigenvalue weighted by Gasteiger charge is 2.11. The van der Waals surface area contributed by atoms with Crippen LogP contribution in [0.5, 0.6) is 0 Å². The smallest absolute Gasteiger partial charge is 0.220 e. The number of nitrogens with zero attached hydrogens (tertiary/aromatic N) is 3. The standard InChI is InChI=1S/C25H30N4O/c1-18(2)29-17-19(20-10-4-6-12-22(20)29)9-8-14-25(30)26-16-15-24-27-21-11-5-7-13-23(21)28(24)3/h4-7,10-13,17-18H,8-9,14-16H2,1-3H3,(H,26,30). The first-order valence-corrected chi connectivity index (χ1v) is 10.8. The summed E-state index contributed by atoms with van der Waals surface area (Å²) in [5, 5.41) is 4.35. The molecule has 4 aromatic rings. The van der Waals surface area contributed by atoms with Gasteiger partial charge in [-0.05, 0) is 50.5 Å². The number of imidazole rings is 1. The molecule has 0 atom stereocenters. The summed E-state index contributed by atoms with van der Waals surface area (Å²) in [5.41, 5.74) is 4.72. The summed E-state index contributed by atoms with van der Waals surface area (Å²) in [6, 6.07) is 17.1. The molecular formula is C25H30N4O. The van der Waals surface area contributed by atoms with Crippen molar-refractivity contribution in [3.05, 3.63) is 66.1 Å². The van der Waals surface area contributed by atoms with Gasteiger partial charge in [-0.25, -0.2) is 4.98 Å². The molecule has 0 aliphatic carbocycles. The molecule has 0 aliphatic rings. The van der Waals surface area contributed by atoms with Gasteiger partial charge in [-0.3, -0.25) is 4.79 Å². The second-order valence-corrected chi connectivity index (χ2v) is 8.20. The number of hydrogen-bond acceptors (Lipinski definition) is 2. The Kier molecular flexibility index (Phi) is 5.88. The highest BCUT2D eigenvalue weighted by atomic mass is 16.1. The van der Waals surface area contributed by atoms with Gasteiger partial charge in [0.25, 0.3) is 0 Å². The Morgan fingerprint density at radius 2 is 1.77 bits per heavy atom. The van der Waals surface area contributed by atoms with Crippen LogP contribution >= 0.6 is 0 Å². The van der Waals surface area contributed by atoms with E-state index in [1.165, 1.54) is 16.5 Å². The molecule has 2 aromatic carbocycles. The minimum Gasteiger partial charge on any atom is -0.356 e. The van der Waals surface area contributed by atoms with Crippen molar-refractivity contribution < 1.29 is 4.79 Å². The van der Waals surface area contributed by atoms with Gasteiger partial charge in [-0.2, -0.15) is 0 Å². The number of amides is 1. The third-order valence-corrected chi connectivity index (χ3v) is 5.78. The van der Waals surface area contributed by atoms with Crippen LogP contribution in [0.15, 0.2) is 54.7 Å². The summed E-state index contributed by atoms with van der Waals surface area (Å²) in [5.74, 6) is 1.11. The first-order valence-electron chi connectivity index (χ1n) is 10.8. The number of rotatable bonds is 8. The Balaban J connectivity index is 1.28. The predicted octanol–water partition coefficient (Wildman–Crippen LogP) is 4.79. The van der Waals surface area contributed by atoms with E-state index in [-0.39, 0.29) is 5.91 Å². The van der Waals surface area contributed by atoms with Crippen LogP contribution in [0.1, 0.15) is 44.1 Å². The van der Waals surface area contributed by atoms with Crippen LogP contribution < -0.4 is 5.32 Å². The van der Waals surface area contributed by atoms with E-state index >= 15 is 0 Å². The van der Waals surface area contributed by atoms with Crippen LogP contribution in [0, 0.1) is 0 Å². The molecule has 156 valence electrons. The molecule has 2 heterocycles. The molecule has 0 saturated heterocycles. The third-order valence-electron chi connectivity index (χ3n) is 5.78. The molecule has 1 amide bonds. The Morgan fingerprint density at radius 1 is 1.03 bits per heavy atom. The third kappa shape index (κ3) is 4.11. The summed E-state index contributed by atoms with van der Waals surface area (Å²) in [6.07, 6.45) is 5.30. The van der Waals surface area contributed by atoms with Gasteiger partial charge in [0, 0.05) is 49.6 Å². The second-order valence-electron chi connectivity index (χ2n) is 8.20. The summed E-state index contributed by atoms with van der Waals surface area (Å²) in [7, 11) is 2.03. The highest BCUT2D eigenvalue weighted by Crippen LogP contribution is 2.25. The molecule has 0 spiro atoms. The number of aromatic nitrogens is 3. The quantitative estimate of drug-likeness (QED) is 0.461. The van der Waals surface area contributed by atoms with Crippen molar-refractivity contribution in [3.8, 4) is 0 Å². The molecule has 30 heavy (non-hydrogen) atoms. The molecular weight excluding hydrogens is 372 g/mol. The Morgan fingerprint density at radius 3 is 2.53 bits per heavy atom. The van der Waals surface area contributed by atoms with E-state index in [2.05, 4.69) is 69.8 Å². The van der Waals surface area contributed by atoms with Crippen LogP contribution in [-0.2, 0) is 24.7 Å². The molecule has 0 radical (unpaired) electrons. The molecule has 2 aromatic heterocycles. The zero-order valence-electron chi connectivity index (χ0n) is 18.1. The minimum absolute atomic E-state index is 0.112. The van der Waals surface area contributed by atoms with Crippen molar-refractivity contribution in [2.75, 3.05) is 6.54 Å². The number of hydrogen-bond donors (Lipinski definition) is 1. The lowest BCUT2D eigenvalue weighted by molar-refractivity contribution is -0.121. The van der Waals surface area contributed by atoms with Crippen LogP contribution in [0.2, 0.25) is 0 Å². The van der Waals surface area contributed by atoms with Crippen LogP contribution in [0.25, 0.3) is 21.9 Å². The van der Waals surface area contributed by atoms with Gasteiger partial charge in [0.15, 0.2) is 0 Å². The van der Waals surface area contributed by atoms with E-state index in [1.54, 1.807) is 0 Å². The van der Waals surface area contributed by atoms with Gasteiger partial charge in [0.05, 0.1) is 11.0 Å². The van der Waals surface area contributed by atoms with E-state index in [0.29, 0.717) is 19.0 Å².